The monoisotopic (exact) mass is 335 g/mol. The van der Waals surface area contributed by atoms with Gasteiger partial charge in [-0.1, -0.05) is 13.8 Å². The van der Waals surface area contributed by atoms with E-state index in [9.17, 15) is 18.0 Å². The average Bonchev–Trinajstić information content (AvgIpc) is 2.45. The van der Waals surface area contributed by atoms with Crippen LogP contribution < -0.4 is 5.32 Å². The van der Waals surface area contributed by atoms with Crippen molar-refractivity contribution in [1.82, 2.24) is 5.32 Å². The van der Waals surface area contributed by atoms with Crippen LogP contribution in [0.1, 0.15) is 40.0 Å². The fourth-order valence-electron chi connectivity index (χ4n) is 2.42. The van der Waals surface area contributed by atoms with Crippen molar-refractivity contribution in [3.8, 4) is 0 Å². The van der Waals surface area contributed by atoms with Crippen LogP contribution in [0.5, 0.6) is 0 Å². The van der Waals surface area contributed by atoms with E-state index < -0.39 is 38.3 Å². The minimum absolute atomic E-state index is 0.0730. The molecule has 22 heavy (non-hydrogen) atoms. The highest BCUT2D eigenvalue weighted by Gasteiger charge is 2.37. The van der Waals surface area contributed by atoms with E-state index in [2.05, 4.69) is 5.32 Å². The maximum Gasteiger partial charge on any atom is 0.326 e. The van der Waals surface area contributed by atoms with Gasteiger partial charge in [0.05, 0.1) is 5.25 Å². The number of carboxylic acids is 1. The number of carboxylic acid groups (broad SMARTS) is 1. The molecular formula is C14H25NO6S. The minimum atomic E-state index is -3.65. The number of amides is 1. The Labute approximate surface area is 131 Å². The molecule has 0 radical (unpaired) electrons. The highest BCUT2D eigenvalue weighted by Crippen LogP contribution is 2.20. The molecule has 1 heterocycles. The highest BCUT2D eigenvalue weighted by atomic mass is 32.2. The van der Waals surface area contributed by atoms with E-state index in [1.165, 1.54) is 6.92 Å². The largest absolute Gasteiger partial charge is 0.480 e. The summed E-state index contributed by atoms with van der Waals surface area (Å²) in [6, 6.07) is -1.07. The van der Waals surface area contributed by atoms with Crippen molar-refractivity contribution < 1.29 is 27.9 Å². The number of carbonyl (C=O) groups excluding carboxylic acids is 1. The average molecular weight is 335 g/mol. The van der Waals surface area contributed by atoms with Gasteiger partial charge in [-0.05, 0) is 32.1 Å². The van der Waals surface area contributed by atoms with Crippen LogP contribution in [0.25, 0.3) is 0 Å². The Morgan fingerprint density at radius 1 is 1.23 bits per heavy atom. The molecule has 0 aromatic rings. The van der Waals surface area contributed by atoms with Crippen molar-refractivity contribution in [3.63, 3.8) is 0 Å². The van der Waals surface area contributed by atoms with Crippen LogP contribution >= 0.6 is 0 Å². The van der Waals surface area contributed by atoms with E-state index in [0.717, 1.165) is 0 Å². The number of nitrogens with one attached hydrogen (secondary N) is 1. The lowest BCUT2D eigenvalue weighted by Gasteiger charge is -2.26. The molecule has 1 aliphatic rings. The Morgan fingerprint density at radius 2 is 1.77 bits per heavy atom. The zero-order valence-corrected chi connectivity index (χ0v) is 14.1. The third-order valence-corrected chi connectivity index (χ3v) is 6.42. The molecule has 0 spiro atoms. The molecule has 1 rings (SSSR count). The molecule has 0 saturated carbocycles. The molecule has 0 bridgehead atoms. The number of aliphatic carboxylic acids is 1. The molecule has 8 heteroatoms. The van der Waals surface area contributed by atoms with Crippen molar-refractivity contribution in [1.29, 1.82) is 0 Å². The van der Waals surface area contributed by atoms with Crippen molar-refractivity contribution in [2.24, 2.45) is 5.92 Å². The maximum atomic E-state index is 12.4. The molecule has 2 N–H and O–H groups in total. The first-order chi connectivity index (χ1) is 10.2. The number of ether oxygens (including phenoxy) is 1. The summed E-state index contributed by atoms with van der Waals surface area (Å²) in [6.07, 6.45) is 0.994. The number of rotatable bonds is 7. The molecule has 2 unspecified atom stereocenters. The van der Waals surface area contributed by atoms with Gasteiger partial charge in [0.15, 0.2) is 9.84 Å². The van der Waals surface area contributed by atoms with Gasteiger partial charge in [-0.2, -0.15) is 0 Å². The van der Waals surface area contributed by atoms with Crippen LogP contribution in [0.4, 0.5) is 0 Å². The smallest absolute Gasteiger partial charge is 0.326 e. The number of carbonyl (C=O) groups is 2. The number of hydrogen-bond donors (Lipinski definition) is 2. The summed E-state index contributed by atoms with van der Waals surface area (Å²) in [5, 5.41) is 9.61. The molecule has 1 fully saturated rings. The summed E-state index contributed by atoms with van der Waals surface area (Å²) in [4.78, 5) is 23.3. The minimum Gasteiger partial charge on any atom is -0.480 e. The third kappa shape index (κ3) is 4.95. The summed E-state index contributed by atoms with van der Waals surface area (Å²) in [6.45, 7) is 5.72. The van der Waals surface area contributed by atoms with Gasteiger partial charge in [-0.25, -0.2) is 13.2 Å². The standard InChI is InChI=1S/C14H25NO6S/c1-9(2)8-12(14(17)18)15-13(16)10(3)22(19,20)11-4-6-21-7-5-11/h9-12H,4-8H2,1-3H3,(H,15,16)(H,17,18). The van der Waals surface area contributed by atoms with E-state index in [4.69, 9.17) is 9.84 Å². The summed E-state index contributed by atoms with van der Waals surface area (Å²) >= 11 is 0. The zero-order chi connectivity index (χ0) is 16.9. The molecule has 0 aromatic heterocycles. The van der Waals surface area contributed by atoms with E-state index in [-0.39, 0.29) is 12.3 Å². The lowest BCUT2D eigenvalue weighted by molar-refractivity contribution is -0.142. The van der Waals surface area contributed by atoms with Crippen LogP contribution in [0, 0.1) is 5.92 Å². The number of hydrogen-bond acceptors (Lipinski definition) is 5. The van der Waals surface area contributed by atoms with Crippen molar-refractivity contribution in [3.05, 3.63) is 0 Å². The van der Waals surface area contributed by atoms with Gasteiger partial charge in [-0.15, -0.1) is 0 Å². The molecule has 2 atom stereocenters. The van der Waals surface area contributed by atoms with Gasteiger partial charge < -0.3 is 15.2 Å². The van der Waals surface area contributed by atoms with Gasteiger partial charge in [-0.3, -0.25) is 4.79 Å². The Bertz CT molecular complexity index is 495. The molecule has 1 amide bonds. The fourth-order valence-corrected chi connectivity index (χ4v) is 4.22. The lowest BCUT2D eigenvalue weighted by atomic mass is 10.0. The van der Waals surface area contributed by atoms with Crippen molar-refractivity contribution >= 4 is 21.7 Å². The molecule has 0 aliphatic carbocycles. The molecule has 1 saturated heterocycles. The fraction of sp³-hybridized carbons (Fsp3) is 0.857. The van der Waals surface area contributed by atoms with E-state index in [1.807, 2.05) is 13.8 Å². The molecule has 0 aromatic carbocycles. The van der Waals surface area contributed by atoms with Crippen LogP contribution in [0.3, 0.4) is 0 Å². The lowest BCUT2D eigenvalue weighted by Crippen LogP contribution is -2.49. The first-order valence-electron chi connectivity index (χ1n) is 7.50. The van der Waals surface area contributed by atoms with Crippen molar-refractivity contribution in [2.75, 3.05) is 13.2 Å². The first kappa shape index (κ1) is 18.9. The Morgan fingerprint density at radius 3 is 2.23 bits per heavy atom. The summed E-state index contributed by atoms with van der Waals surface area (Å²) < 4.78 is 30.0. The van der Waals surface area contributed by atoms with Gasteiger partial charge in [0.2, 0.25) is 5.91 Å². The summed E-state index contributed by atoms with van der Waals surface area (Å²) in [7, 11) is -3.65. The Kier molecular flexibility index (Phi) is 6.80. The highest BCUT2D eigenvalue weighted by molar-refractivity contribution is 7.93. The quantitative estimate of drug-likeness (QED) is 0.704. The predicted octanol–water partition coefficient (Wildman–Crippen LogP) is 0.584. The normalized spacial score (nSPS) is 19.6. The Hall–Kier alpha value is -1.15. The van der Waals surface area contributed by atoms with Gasteiger partial charge in [0, 0.05) is 13.2 Å². The van der Waals surface area contributed by atoms with Crippen molar-refractivity contribution in [2.45, 2.75) is 56.6 Å². The van der Waals surface area contributed by atoms with E-state index in [1.54, 1.807) is 0 Å². The van der Waals surface area contributed by atoms with E-state index in [0.29, 0.717) is 26.1 Å². The summed E-state index contributed by atoms with van der Waals surface area (Å²) in [5.74, 6) is -1.83. The van der Waals surface area contributed by atoms with Crippen LogP contribution in [0.15, 0.2) is 0 Å². The van der Waals surface area contributed by atoms with Crippen LogP contribution in [-0.4, -0.2) is 55.2 Å². The number of sulfone groups is 1. The van der Waals surface area contributed by atoms with Gasteiger partial charge in [0.1, 0.15) is 11.3 Å². The topological polar surface area (TPSA) is 110 Å². The molecule has 128 valence electrons. The third-order valence-electron chi connectivity index (χ3n) is 3.82. The second-order valence-electron chi connectivity index (χ2n) is 6.07. The van der Waals surface area contributed by atoms with E-state index >= 15 is 0 Å². The van der Waals surface area contributed by atoms with Gasteiger partial charge >= 0.3 is 5.97 Å². The molecular weight excluding hydrogens is 310 g/mol. The molecule has 7 nitrogen and oxygen atoms in total. The maximum absolute atomic E-state index is 12.4. The second-order valence-corrected chi connectivity index (χ2v) is 8.62. The van der Waals surface area contributed by atoms with Crippen LogP contribution in [0.2, 0.25) is 0 Å². The first-order valence-corrected chi connectivity index (χ1v) is 9.10. The Balaban J connectivity index is 2.75. The SMILES string of the molecule is CC(C)CC(NC(=O)C(C)S(=O)(=O)C1CCOCC1)C(=O)O. The zero-order valence-electron chi connectivity index (χ0n) is 13.2. The predicted molar refractivity (Wildman–Crippen MR) is 81.2 cm³/mol. The summed E-state index contributed by atoms with van der Waals surface area (Å²) in [5.41, 5.74) is 0. The van der Waals surface area contributed by atoms with Gasteiger partial charge in [0.25, 0.3) is 0 Å². The molecule has 1 aliphatic heterocycles. The second kappa shape index (κ2) is 7.92. The van der Waals surface area contributed by atoms with Crippen LogP contribution in [-0.2, 0) is 24.2 Å².